The summed E-state index contributed by atoms with van der Waals surface area (Å²) in [7, 11) is 0. The summed E-state index contributed by atoms with van der Waals surface area (Å²) >= 11 is 1.90. The second kappa shape index (κ2) is 24.3. The maximum Gasteiger partial charge on any atom is 0.258 e. The van der Waals surface area contributed by atoms with Crippen molar-refractivity contribution < 1.29 is 18.6 Å². The molecule has 6 nitrogen and oxygen atoms in total. The Morgan fingerprint density at radius 2 is 0.754 bits per heavy atom. The minimum absolute atomic E-state index is 0.115. The number of fused-ring (bicyclic) bond motifs is 24. The summed E-state index contributed by atoms with van der Waals surface area (Å²) in [4.78, 5) is 0. The molecule has 0 N–H and O–H groups in total. The van der Waals surface area contributed by atoms with Gasteiger partial charge < -0.3 is 27.8 Å². The van der Waals surface area contributed by atoms with E-state index in [9.17, 15) is 0 Å². The van der Waals surface area contributed by atoms with Gasteiger partial charge in [-0.1, -0.05) is 288 Å². The monoisotopic (exact) mass is 1520 g/mol. The Kier molecular flexibility index (Phi) is 13.6. The highest BCUT2D eigenvalue weighted by molar-refractivity contribution is 7.28. The van der Waals surface area contributed by atoms with Crippen molar-refractivity contribution in [1.29, 1.82) is 0 Å². The Labute approximate surface area is 686 Å². The first-order valence-electron chi connectivity index (χ1n) is 41.1. The van der Waals surface area contributed by atoms with Gasteiger partial charge in [-0.15, -0.1) is 11.3 Å². The first kappa shape index (κ1) is 66.3. The van der Waals surface area contributed by atoms with Crippen LogP contribution >= 0.6 is 11.3 Å². The SMILES string of the molecule is CC1(C)c2ccccc2-c2cc3c(c(B4c5ccccc5Oc5ccccc54)c21)C(C)(C)c1cccc(-c2cccc4c2Oc2ccccc2B4c2c4sc5ccccc5c4cc4c5c(-c6cccc7c6Oc6ccccc6B7c6c7oc8ccccc8c7cc7c8ccccc8n(-c8ccccc8)c67)cccc5n(-c5ccccc5)c24)c1-3. The maximum atomic E-state index is 7.78. The van der Waals surface area contributed by atoms with E-state index in [0.29, 0.717) is 0 Å². The number of nitrogens with zero attached hydrogens (tertiary/aromatic N) is 2. The number of hydrogen-bond donors (Lipinski definition) is 0. The number of aromatic nitrogens is 2. The molecule has 0 saturated heterocycles. The van der Waals surface area contributed by atoms with Crippen LogP contribution in [0.5, 0.6) is 34.5 Å². The van der Waals surface area contributed by atoms with Crippen molar-refractivity contribution in [2.24, 2.45) is 0 Å². The molecule has 21 aromatic rings. The second-order valence-electron chi connectivity index (χ2n) is 33.7. The molecule has 4 aromatic heterocycles. The molecular formula is C108H69B3N2O4S. The van der Waals surface area contributed by atoms with Gasteiger partial charge in [0.15, 0.2) is 0 Å². The van der Waals surface area contributed by atoms with E-state index >= 15 is 0 Å². The molecule has 0 unspecified atom stereocenters. The van der Waals surface area contributed by atoms with Crippen LogP contribution in [0, 0.1) is 0 Å². The molecule has 0 amide bonds. The van der Waals surface area contributed by atoms with Gasteiger partial charge in [0.25, 0.3) is 20.1 Å². The van der Waals surface area contributed by atoms with E-state index < -0.39 is 5.41 Å². The summed E-state index contributed by atoms with van der Waals surface area (Å²) in [5.74, 6) is 5.14. The Balaban J connectivity index is 0.732. The number of furan rings is 1. The van der Waals surface area contributed by atoms with Gasteiger partial charge in [0.2, 0.25) is 0 Å². The number of para-hydroxylation sites is 10. The summed E-state index contributed by atoms with van der Waals surface area (Å²) in [6, 6.07) is 128. The first-order chi connectivity index (χ1) is 58.1. The molecule has 0 spiro atoms. The Morgan fingerprint density at radius 1 is 0.297 bits per heavy atom. The molecule has 26 rings (SSSR count). The molecule has 0 bridgehead atoms. The second-order valence-corrected chi connectivity index (χ2v) is 34.8. The zero-order valence-electron chi connectivity index (χ0n) is 65.1. The van der Waals surface area contributed by atoms with Crippen LogP contribution in [0.2, 0.25) is 0 Å². The number of ether oxygens (including phenoxy) is 3. The molecule has 17 aromatic carbocycles. The zero-order chi connectivity index (χ0) is 77.7. The predicted octanol–water partition coefficient (Wildman–Crippen LogP) is 22.0. The molecule has 5 aliphatic rings. The molecule has 0 saturated carbocycles. The van der Waals surface area contributed by atoms with E-state index in [-0.39, 0.29) is 25.6 Å². The topological polar surface area (TPSA) is 50.7 Å². The van der Waals surface area contributed by atoms with Gasteiger partial charge in [-0.3, -0.25) is 0 Å². The van der Waals surface area contributed by atoms with E-state index in [1.54, 1.807) is 0 Å². The van der Waals surface area contributed by atoms with Gasteiger partial charge in [-0.25, -0.2) is 0 Å². The molecule has 118 heavy (non-hydrogen) atoms. The first-order valence-corrected chi connectivity index (χ1v) is 41.9. The van der Waals surface area contributed by atoms with Crippen molar-refractivity contribution in [1.82, 2.24) is 9.13 Å². The van der Waals surface area contributed by atoms with Crippen LogP contribution in [0.1, 0.15) is 49.9 Å². The fourth-order valence-electron chi connectivity index (χ4n) is 22.3. The largest absolute Gasteiger partial charge is 0.458 e. The zero-order valence-corrected chi connectivity index (χ0v) is 65.9. The van der Waals surface area contributed by atoms with Crippen LogP contribution in [-0.2, 0) is 10.8 Å². The molecule has 0 radical (unpaired) electrons. The average molecular weight is 1520 g/mol. The Hall–Kier alpha value is -14.0. The number of hydrogen-bond acceptors (Lipinski definition) is 5. The molecule has 7 heterocycles. The molecule has 3 aliphatic heterocycles. The van der Waals surface area contributed by atoms with Crippen LogP contribution in [-0.4, -0.2) is 29.3 Å². The highest BCUT2D eigenvalue weighted by Crippen LogP contribution is 2.59. The quantitative estimate of drug-likeness (QED) is 0.149. The molecule has 550 valence electrons. The number of benzene rings is 17. The van der Waals surface area contributed by atoms with Crippen LogP contribution < -0.4 is 63.4 Å². The van der Waals surface area contributed by atoms with E-state index in [1.807, 2.05) is 11.3 Å². The van der Waals surface area contributed by atoms with Gasteiger partial charge in [0, 0.05) is 85.8 Å². The van der Waals surface area contributed by atoms with Crippen molar-refractivity contribution in [3.8, 4) is 90.4 Å². The third-order valence-electron chi connectivity index (χ3n) is 27.1. The summed E-state index contributed by atoms with van der Waals surface area (Å²) in [5, 5.41) is 9.24. The minimum atomic E-state index is -0.450. The van der Waals surface area contributed by atoms with Crippen LogP contribution in [0.3, 0.4) is 0 Å². The van der Waals surface area contributed by atoms with Gasteiger partial charge >= 0.3 is 0 Å². The third kappa shape index (κ3) is 8.89. The van der Waals surface area contributed by atoms with E-state index in [2.05, 4.69) is 383 Å². The molecule has 2 aliphatic carbocycles. The highest BCUT2D eigenvalue weighted by atomic mass is 32.1. The predicted molar refractivity (Wildman–Crippen MR) is 494 cm³/mol. The van der Waals surface area contributed by atoms with Crippen molar-refractivity contribution in [3.63, 3.8) is 0 Å². The summed E-state index contributed by atoms with van der Waals surface area (Å²) in [6.45, 7) is 9.06. The normalized spacial score (nSPS) is 14.2. The average Bonchev–Trinajstić information content (AvgIpc) is 1.73. The number of rotatable bonds is 7. The minimum Gasteiger partial charge on any atom is -0.458 e. The van der Waals surface area contributed by atoms with Gasteiger partial charge in [-0.2, -0.15) is 0 Å². The van der Waals surface area contributed by atoms with Crippen LogP contribution in [0.15, 0.2) is 350 Å². The summed E-state index contributed by atoms with van der Waals surface area (Å²) in [6.07, 6.45) is 0. The van der Waals surface area contributed by atoms with Crippen LogP contribution in [0.25, 0.3) is 142 Å². The van der Waals surface area contributed by atoms with Crippen molar-refractivity contribution in [2.45, 2.75) is 38.5 Å². The van der Waals surface area contributed by atoms with Gasteiger partial charge in [0.1, 0.15) is 45.7 Å². The van der Waals surface area contributed by atoms with Crippen molar-refractivity contribution in [2.75, 3.05) is 0 Å². The molecule has 0 atom stereocenters. The number of thiophene rings is 1. The van der Waals surface area contributed by atoms with Crippen molar-refractivity contribution in [3.05, 3.63) is 368 Å². The lowest BCUT2D eigenvalue weighted by molar-refractivity contribution is 0.487. The van der Waals surface area contributed by atoms with Gasteiger partial charge in [0.05, 0.1) is 22.1 Å². The highest BCUT2D eigenvalue weighted by Gasteiger charge is 2.51. The van der Waals surface area contributed by atoms with E-state index in [1.165, 1.54) is 97.3 Å². The Morgan fingerprint density at radius 3 is 1.44 bits per heavy atom. The fourth-order valence-corrected chi connectivity index (χ4v) is 23.6. The van der Waals surface area contributed by atoms with Crippen molar-refractivity contribution >= 4 is 166 Å². The lowest BCUT2D eigenvalue weighted by Crippen LogP contribution is -2.58. The fraction of sp³-hybridized carbons (Fsp3) is 0.0556. The summed E-state index contributed by atoms with van der Waals surface area (Å²) in [5.41, 5.74) is 32.8. The Bertz CT molecular complexity index is 7980. The maximum absolute atomic E-state index is 7.78. The molecular weight excluding hydrogens is 1450 g/mol. The van der Waals surface area contributed by atoms with E-state index in [4.69, 9.17) is 18.6 Å². The lowest BCUT2D eigenvalue weighted by atomic mass is 9.33. The third-order valence-corrected chi connectivity index (χ3v) is 28.3. The molecule has 10 heteroatoms. The summed E-state index contributed by atoms with van der Waals surface area (Å²) < 4.78 is 37.2. The lowest BCUT2D eigenvalue weighted by Gasteiger charge is -2.36. The smallest absolute Gasteiger partial charge is 0.258 e. The van der Waals surface area contributed by atoms with Gasteiger partial charge in [-0.05, 0) is 190 Å². The standard InChI is InChI=1S/C108H69B3N2O4S/c1-107(2)78-43-15-11-35-64(78)72-59-76-94-68(39-27-44-79(94)108(3,4)97(76)98(96(72)107)109-80-45-16-22-54-89(80)114-90-55-23-17-46-81(90)109)70-41-28-50-85-103(70)117-92-57-25-19-48-83(92)111(85)100-102-77(61-75-67-38-14-26-58-93(67)118-106(75)100)95-69(40-30-52-87(95)113(102)63-33-9-6-10-34-63)71-42-29-49-84-104(71)116-91-56-24-18-47-82(91)110(84)99-101-73(60-74-66-37-13-21-53-88(66)115-105(74)99)65-36-12-20-51-86(65)112(101)62-31-7-5-8-32-62/h5-61H,1-4H3. The van der Waals surface area contributed by atoms with E-state index in [0.717, 1.165) is 150 Å². The molecule has 0 fully saturated rings. The van der Waals surface area contributed by atoms with Crippen LogP contribution in [0.4, 0.5) is 0 Å².